The number of fused-ring (bicyclic) bond motifs is 3. The summed E-state index contributed by atoms with van der Waals surface area (Å²) >= 11 is 0. The number of piperidine rings is 1. The highest BCUT2D eigenvalue weighted by Crippen LogP contribution is 2.40. The number of carbonyl (C=O) groups is 1. The number of carbonyl (C=O) groups excluding carboxylic acids is 1. The van der Waals surface area contributed by atoms with Gasteiger partial charge >= 0.3 is 12.1 Å². The summed E-state index contributed by atoms with van der Waals surface area (Å²) in [6.45, 7) is 6.08. The summed E-state index contributed by atoms with van der Waals surface area (Å²) in [7, 11) is 1.54. The zero-order chi connectivity index (χ0) is 31.7. The quantitative estimate of drug-likeness (QED) is 0.206. The first-order valence-electron chi connectivity index (χ1n) is 16.8. The number of nitrogens with one attached hydrogen (secondary N) is 1. The predicted octanol–water partition coefficient (Wildman–Crippen LogP) is 6.66. The van der Waals surface area contributed by atoms with Crippen LogP contribution in [0.25, 0.3) is 32.9 Å². The van der Waals surface area contributed by atoms with Crippen molar-refractivity contribution in [2.24, 2.45) is 0 Å². The van der Waals surface area contributed by atoms with Crippen LogP contribution in [0.15, 0.2) is 42.6 Å². The van der Waals surface area contributed by atoms with Crippen LogP contribution >= 0.6 is 0 Å². The van der Waals surface area contributed by atoms with Gasteiger partial charge in [-0.1, -0.05) is 36.4 Å². The van der Waals surface area contributed by atoms with Gasteiger partial charge < -0.3 is 19.7 Å². The molecule has 2 aromatic heterocycles. The molecule has 3 aliphatic rings. The second kappa shape index (κ2) is 13.0. The molecule has 2 aromatic carbocycles. The van der Waals surface area contributed by atoms with Crippen LogP contribution in [0, 0.1) is 5.82 Å². The molecule has 242 valence electrons. The third-order valence-electron chi connectivity index (χ3n) is 10.3. The fraction of sp³-hybridized carbons (Fsp3) is 0.500. The molecule has 1 unspecified atom stereocenters. The summed E-state index contributed by atoms with van der Waals surface area (Å²) < 4.78 is 28.6. The number of hydrogen-bond acceptors (Lipinski definition) is 8. The minimum absolute atomic E-state index is 0.0313. The first-order chi connectivity index (χ1) is 22.5. The van der Waals surface area contributed by atoms with Crippen LogP contribution in [0.2, 0.25) is 0 Å². The Morgan fingerprint density at radius 3 is 2.65 bits per heavy atom. The Balaban J connectivity index is 1.29. The molecule has 1 N–H and O–H groups in total. The molecule has 3 saturated heterocycles. The number of pyridine rings is 1. The molecule has 0 saturated carbocycles. The Kier molecular flexibility index (Phi) is 8.64. The molecule has 1 atom stereocenters. The summed E-state index contributed by atoms with van der Waals surface area (Å²) in [5.41, 5.74) is 2.28. The molecule has 9 nitrogen and oxygen atoms in total. The van der Waals surface area contributed by atoms with Crippen LogP contribution in [-0.4, -0.2) is 77.4 Å². The number of nitrogens with zero attached hydrogens (tertiary/aromatic N) is 5. The zero-order valence-electron chi connectivity index (χ0n) is 26.9. The number of aromatic nitrogens is 3. The lowest BCUT2D eigenvalue weighted by molar-refractivity contribution is 0.108. The molecular weight excluding hydrogens is 583 g/mol. The van der Waals surface area contributed by atoms with Crippen LogP contribution in [-0.2, 0) is 11.2 Å². The summed E-state index contributed by atoms with van der Waals surface area (Å²) in [5, 5.41) is 5.01. The van der Waals surface area contributed by atoms with Crippen molar-refractivity contribution in [3.8, 4) is 17.3 Å². The van der Waals surface area contributed by atoms with Crippen molar-refractivity contribution in [3.63, 3.8) is 0 Å². The summed E-state index contributed by atoms with van der Waals surface area (Å²) in [6.07, 6.45) is 10.4. The highest BCUT2D eigenvalue weighted by atomic mass is 19.1. The molecule has 0 bridgehead atoms. The third-order valence-corrected chi connectivity index (χ3v) is 10.3. The monoisotopic (exact) mass is 626 g/mol. The van der Waals surface area contributed by atoms with Crippen LogP contribution in [0.3, 0.4) is 0 Å². The van der Waals surface area contributed by atoms with E-state index in [0.717, 1.165) is 61.7 Å². The van der Waals surface area contributed by atoms with E-state index >= 15 is 4.39 Å². The van der Waals surface area contributed by atoms with E-state index in [4.69, 9.17) is 24.4 Å². The van der Waals surface area contributed by atoms with E-state index in [2.05, 4.69) is 22.0 Å². The van der Waals surface area contributed by atoms with E-state index in [-0.39, 0.29) is 35.4 Å². The second-order valence-corrected chi connectivity index (χ2v) is 13.1. The van der Waals surface area contributed by atoms with Crippen molar-refractivity contribution in [2.45, 2.75) is 76.3 Å². The molecule has 1 amide bonds. The lowest BCUT2D eigenvalue weighted by Crippen LogP contribution is -2.43. The SMILES string of the molecule is CNC(=O)OCCCc1cccc2cccc(-c3ncc4c(N5CCCCC5C)nc(OCC56CCCN5CCC6)nc4c3F)c12. The first kappa shape index (κ1) is 30.6. The second-order valence-electron chi connectivity index (χ2n) is 13.1. The van der Waals surface area contributed by atoms with Gasteiger partial charge in [-0.05, 0) is 94.1 Å². The van der Waals surface area contributed by atoms with Gasteiger partial charge in [0.2, 0.25) is 0 Å². The molecule has 10 heteroatoms. The average molecular weight is 627 g/mol. The van der Waals surface area contributed by atoms with Crippen LogP contribution in [0.5, 0.6) is 6.01 Å². The van der Waals surface area contributed by atoms with Gasteiger partial charge in [-0.25, -0.2) is 9.18 Å². The van der Waals surface area contributed by atoms with Gasteiger partial charge in [-0.15, -0.1) is 0 Å². The summed E-state index contributed by atoms with van der Waals surface area (Å²) in [5.74, 6) is 0.231. The maximum atomic E-state index is 16.9. The summed E-state index contributed by atoms with van der Waals surface area (Å²) in [6, 6.07) is 12.5. The Morgan fingerprint density at radius 1 is 1.07 bits per heavy atom. The van der Waals surface area contributed by atoms with Crippen molar-refractivity contribution in [3.05, 3.63) is 54.0 Å². The normalized spacial score (nSPS) is 19.5. The molecule has 0 spiro atoms. The smallest absolute Gasteiger partial charge is 0.406 e. The van der Waals surface area contributed by atoms with Crippen molar-refractivity contribution >= 4 is 33.6 Å². The van der Waals surface area contributed by atoms with Crippen molar-refractivity contribution in [1.29, 1.82) is 0 Å². The van der Waals surface area contributed by atoms with Crippen LogP contribution in [0.4, 0.5) is 15.0 Å². The third kappa shape index (κ3) is 5.72. The molecule has 3 fully saturated rings. The van der Waals surface area contributed by atoms with Gasteiger partial charge in [0.1, 0.15) is 23.6 Å². The van der Waals surface area contributed by atoms with E-state index in [1.165, 1.54) is 19.3 Å². The van der Waals surface area contributed by atoms with E-state index in [9.17, 15) is 4.79 Å². The maximum Gasteiger partial charge on any atom is 0.406 e. The Hall–Kier alpha value is -4.05. The topological polar surface area (TPSA) is 92.7 Å². The lowest BCUT2D eigenvalue weighted by atomic mass is 9.94. The van der Waals surface area contributed by atoms with E-state index in [1.54, 1.807) is 13.2 Å². The van der Waals surface area contributed by atoms with Gasteiger partial charge in [0.05, 0.1) is 17.5 Å². The molecule has 4 aromatic rings. The maximum absolute atomic E-state index is 16.9. The molecule has 46 heavy (non-hydrogen) atoms. The fourth-order valence-electron chi connectivity index (χ4n) is 7.89. The number of anilines is 1. The standard InChI is InChI=1S/C36H43FN6O3/c1-24-10-3-4-20-43(24)33-28-22-39-31(27-15-6-13-25-11-5-12-26(29(25)27)14-7-21-45-35(44)38-2)30(37)32(28)40-34(41-33)46-23-36-16-8-18-42(36)19-9-17-36/h5-6,11-13,15,22,24H,3-4,7-10,14,16-21,23H2,1-2H3,(H,38,44). The minimum Gasteiger partial charge on any atom is -0.461 e. The van der Waals surface area contributed by atoms with E-state index in [0.29, 0.717) is 36.2 Å². The predicted molar refractivity (Wildman–Crippen MR) is 178 cm³/mol. The van der Waals surface area contributed by atoms with Crippen LogP contribution < -0.4 is 15.0 Å². The first-order valence-corrected chi connectivity index (χ1v) is 16.8. The number of aryl methyl sites for hydroxylation is 1. The van der Waals surface area contributed by atoms with Crippen molar-refractivity contribution in [1.82, 2.24) is 25.2 Å². The molecule has 0 aliphatic carbocycles. The Labute approximate surface area is 269 Å². The highest BCUT2D eigenvalue weighted by molar-refractivity contribution is 6.00. The molecule has 3 aliphatic heterocycles. The number of benzene rings is 2. The van der Waals surface area contributed by atoms with Crippen molar-refractivity contribution < 1.29 is 18.7 Å². The number of ether oxygens (including phenoxy) is 2. The average Bonchev–Trinajstić information content (AvgIpc) is 3.66. The number of alkyl carbamates (subject to hydrolysis) is 1. The summed E-state index contributed by atoms with van der Waals surface area (Å²) in [4.78, 5) is 30.8. The van der Waals surface area contributed by atoms with Crippen molar-refractivity contribution in [2.75, 3.05) is 44.8 Å². The molecule has 0 radical (unpaired) electrons. The Bertz CT molecular complexity index is 1730. The number of rotatable bonds is 9. The van der Waals surface area contributed by atoms with Gasteiger partial charge in [0.15, 0.2) is 5.82 Å². The highest BCUT2D eigenvalue weighted by Gasteiger charge is 2.45. The van der Waals surface area contributed by atoms with Gasteiger partial charge in [-0.3, -0.25) is 9.88 Å². The minimum atomic E-state index is -0.470. The van der Waals surface area contributed by atoms with E-state index in [1.807, 2.05) is 36.4 Å². The number of hydrogen-bond donors (Lipinski definition) is 1. The molecule has 5 heterocycles. The Morgan fingerprint density at radius 2 is 1.87 bits per heavy atom. The number of halogens is 1. The molecular formula is C36H43FN6O3. The van der Waals surface area contributed by atoms with Gasteiger partial charge in [-0.2, -0.15) is 9.97 Å². The molecule has 7 rings (SSSR count). The zero-order valence-corrected chi connectivity index (χ0v) is 26.9. The number of amides is 1. The van der Waals surface area contributed by atoms with Gasteiger partial charge in [0, 0.05) is 31.4 Å². The fourth-order valence-corrected chi connectivity index (χ4v) is 7.89. The van der Waals surface area contributed by atoms with Gasteiger partial charge in [0.25, 0.3) is 0 Å². The lowest BCUT2D eigenvalue weighted by Gasteiger charge is -2.35. The largest absolute Gasteiger partial charge is 0.461 e. The van der Waals surface area contributed by atoms with E-state index < -0.39 is 11.9 Å². The van der Waals surface area contributed by atoms with Crippen LogP contribution in [0.1, 0.15) is 63.9 Å².